The van der Waals surface area contributed by atoms with Gasteiger partial charge in [0.1, 0.15) is 11.6 Å². The van der Waals surface area contributed by atoms with E-state index in [4.69, 9.17) is 0 Å². The molecule has 0 aromatic heterocycles. The third-order valence-electron chi connectivity index (χ3n) is 4.83. The molecule has 0 bridgehead atoms. The van der Waals surface area contributed by atoms with E-state index in [1.54, 1.807) is 11.8 Å². The average Bonchev–Trinajstić information content (AvgIpc) is 2.81. The summed E-state index contributed by atoms with van der Waals surface area (Å²) in [6, 6.07) is 27.8. The normalized spacial score (nSPS) is 12.0. The number of para-hydroxylation sites is 1. The second-order valence-electron chi connectivity index (χ2n) is 7.02. The van der Waals surface area contributed by atoms with E-state index >= 15 is 0 Å². The van der Waals surface area contributed by atoms with Crippen LogP contribution in [-0.2, 0) is 11.2 Å². The van der Waals surface area contributed by atoms with E-state index in [0.717, 1.165) is 27.5 Å². The van der Waals surface area contributed by atoms with Crippen LogP contribution in [0.4, 0.5) is 5.69 Å². The predicted molar refractivity (Wildman–Crippen MR) is 127 cm³/mol. The van der Waals surface area contributed by atoms with Crippen LogP contribution in [0, 0.1) is 11.3 Å². The highest BCUT2D eigenvalue weighted by Crippen LogP contribution is 2.33. The maximum atomic E-state index is 12.6. The largest absolute Gasteiger partial charge is 0.359 e. The van der Waals surface area contributed by atoms with E-state index in [1.165, 1.54) is 11.8 Å². The van der Waals surface area contributed by atoms with Gasteiger partial charge in [-0.3, -0.25) is 4.79 Å². The molecule has 1 amide bonds. The number of carbonyl (C=O) groups is 1. The molecule has 5 heteroatoms. The molecule has 0 heterocycles. The number of nitrogens with one attached hydrogen (secondary N) is 2. The molecule has 3 aromatic carbocycles. The van der Waals surface area contributed by atoms with Crippen molar-refractivity contribution in [3.8, 4) is 6.07 Å². The number of rotatable bonds is 8. The van der Waals surface area contributed by atoms with E-state index in [9.17, 15) is 10.1 Å². The standard InChI is InChI=1S/C26H25N3OS/c1-3-20-13-15-21(16-14-20)19(2)29-26(30)22(17-27)18-28-24-11-7-8-12-25(24)31-23-9-5-4-6-10-23/h4-16,18-19,28H,3H2,1-2H3,(H,29,30)/b22-18-. The van der Waals surface area contributed by atoms with E-state index in [1.807, 2.05) is 79.7 Å². The van der Waals surface area contributed by atoms with Gasteiger partial charge in [0.15, 0.2) is 0 Å². The first kappa shape index (κ1) is 22.2. The van der Waals surface area contributed by atoms with Crippen molar-refractivity contribution in [1.29, 1.82) is 5.26 Å². The van der Waals surface area contributed by atoms with Crippen LogP contribution in [0.2, 0.25) is 0 Å². The summed E-state index contributed by atoms with van der Waals surface area (Å²) in [5.74, 6) is -0.407. The molecule has 1 unspecified atom stereocenters. The average molecular weight is 428 g/mol. The van der Waals surface area contributed by atoms with Gasteiger partial charge in [-0.15, -0.1) is 0 Å². The van der Waals surface area contributed by atoms with Crippen LogP contribution >= 0.6 is 11.8 Å². The number of nitrogens with zero attached hydrogens (tertiary/aromatic N) is 1. The number of anilines is 1. The van der Waals surface area contributed by atoms with Gasteiger partial charge in [0.25, 0.3) is 5.91 Å². The van der Waals surface area contributed by atoms with Gasteiger partial charge < -0.3 is 10.6 Å². The van der Waals surface area contributed by atoms with Gasteiger partial charge in [0.2, 0.25) is 0 Å². The zero-order chi connectivity index (χ0) is 22.1. The smallest absolute Gasteiger partial charge is 0.263 e. The van der Waals surface area contributed by atoms with Crippen molar-refractivity contribution in [3.05, 3.63) is 102 Å². The molecule has 0 radical (unpaired) electrons. The van der Waals surface area contributed by atoms with Crippen LogP contribution in [-0.4, -0.2) is 5.91 Å². The number of aryl methyl sites for hydroxylation is 1. The first-order valence-corrected chi connectivity index (χ1v) is 11.0. The lowest BCUT2D eigenvalue weighted by atomic mass is 10.0. The zero-order valence-corrected chi connectivity index (χ0v) is 18.4. The highest BCUT2D eigenvalue weighted by molar-refractivity contribution is 7.99. The minimum absolute atomic E-state index is 0.0246. The molecule has 1 atom stereocenters. The molecule has 3 rings (SSSR count). The van der Waals surface area contributed by atoms with Crippen LogP contribution in [0.3, 0.4) is 0 Å². The lowest BCUT2D eigenvalue weighted by molar-refractivity contribution is -0.117. The van der Waals surface area contributed by atoms with Crippen molar-refractivity contribution in [2.75, 3.05) is 5.32 Å². The number of hydrogen-bond acceptors (Lipinski definition) is 4. The molecule has 31 heavy (non-hydrogen) atoms. The summed E-state index contributed by atoms with van der Waals surface area (Å²) in [6.45, 7) is 4.01. The number of hydrogen-bond donors (Lipinski definition) is 2. The lowest BCUT2D eigenvalue weighted by Crippen LogP contribution is -2.28. The van der Waals surface area contributed by atoms with Gasteiger partial charge in [-0.1, -0.05) is 73.3 Å². The van der Waals surface area contributed by atoms with E-state index in [-0.39, 0.29) is 11.6 Å². The topological polar surface area (TPSA) is 64.9 Å². The highest BCUT2D eigenvalue weighted by Gasteiger charge is 2.14. The maximum Gasteiger partial charge on any atom is 0.263 e. The van der Waals surface area contributed by atoms with Gasteiger partial charge >= 0.3 is 0 Å². The molecule has 156 valence electrons. The molecule has 0 spiro atoms. The zero-order valence-electron chi connectivity index (χ0n) is 17.6. The lowest BCUT2D eigenvalue weighted by Gasteiger charge is -2.15. The molecular formula is C26H25N3OS. The Balaban J connectivity index is 1.69. The third-order valence-corrected chi connectivity index (χ3v) is 5.91. The fourth-order valence-electron chi connectivity index (χ4n) is 2.99. The summed E-state index contributed by atoms with van der Waals surface area (Å²) in [5.41, 5.74) is 3.10. The van der Waals surface area contributed by atoms with Crippen molar-refractivity contribution in [2.24, 2.45) is 0 Å². The number of amides is 1. The van der Waals surface area contributed by atoms with Gasteiger partial charge in [-0.25, -0.2) is 0 Å². The van der Waals surface area contributed by atoms with Crippen molar-refractivity contribution in [1.82, 2.24) is 5.32 Å². The molecule has 3 aromatic rings. The highest BCUT2D eigenvalue weighted by atomic mass is 32.2. The van der Waals surface area contributed by atoms with E-state index in [2.05, 4.69) is 29.7 Å². The summed E-state index contributed by atoms with van der Waals surface area (Å²) in [6.07, 6.45) is 2.44. The van der Waals surface area contributed by atoms with Crippen molar-refractivity contribution < 1.29 is 4.79 Å². The first-order chi connectivity index (χ1) is 15.1. The van der Waals surface area contributed by atoms with Crippen LogP contribution < -0.4 is 10.6 Å². The monoisotopic (exact) mass is 427 g/mol. The predicted octanol–water partition coefficient (Wildman–Crippen LogP) is 6.10. The summed E-state index contributed by atoms with van der Waals surface area (Å²) < 4.78 is 0. The number of nitriles is 1. The Bertz CT molecular complexity index is 1090. The Morgan fingerprint density at radius 1 is 1.03 bits per heavy atom. The van der Waals surface area contributed by atoms with Crippen LogP contribution in [0.1, 0.15) is 31.0 Å². The molecule has 0 aliphatic carbocycles. The van der Waals surface area contributed by atoms with E-state index in [0.29, 0.717) is 0 Å². The third kappa shape index (κ3) is 6.24. The molecule has 0 saturated carbocycles. The Kier molecular flexibility index (Phi) is 7.91. The Labute approximate surface area is 188 Å². The van der Waals surface area contributed by atoms with Gasteiger partial charge in [0, 0.05) is 16.0 Å². The van der Waals surface area contributed by atoms with Gasteiger partial charge in [-0.05, 0) is 48.7 Å². The molecule has 0 saturated heterocycles. The van der Waals surface area contributed by atoms with Crippen molar-refractivity contribution >= 4 is 23.4 Å². The van der Waals surface area contributed by atoms with Crippen LogP contribution in [0.25, 0.3) is 0 Å². The second kappa shape index (κ2) is 11.1. The minimum Gasteiger partial charge on any atom is -0.359 e. The van der Waals surface area contributed by atoms with Crippen LogP contribution in [0.15, 0.2) is 100 Å². The summed E-state index contributed by atoms with van der Waals surface area (Å²) in [7, 11) is 0. The van der Waals surface area contributed by atoms with Crippen molar-refractivity contribution in [3.63, 3.8) is 0 Å². The molecule has 0 fully saturated rings. The fourth-order valence-corrected chi connectivity index (χ4v) is 3.92. The number of carbonyl (C=O) groups excluding carboxylic acids is 1. The Hall–Kier alpha value is -3.49. The molecule has 0 aliphatic heterocycles. The Morgan fingerprint density at radius 3 is 2.39 bits per heavy atom. The first-order valence-electron chi connectivity index (χ1n) is 10.2. The summed E-state index contributed by atoms with van der Waals surface area (Å²) in [5, 5.41) is 15.5. The quantitative estimate of drug-likeness (QED) is 0.337. The van der Waals surface area contributed by atoms with Crippen LogP contribution in [0.5, 0.6) is 0 Å². The molecule has 0 aliphatic rings. The molecular weight excluding hydrogens is 402 g/mol. The fraction of sp³-hybridized carbons (Fsp3) is 0.154. The molecule has 4 nitrogen and oxygen atoms in total. The summed E-state index contributed by atoms with van der Waals surface area (Å²) >= 11 is 1.62. The van der Waals surface area contributed by atoms with Gasteiger partial charge in [0.05, 0.1) is 11.7 Å². The Morgan fingerprint density at radius 2 is 1.71 bits per heavy atom. The SMILES string of the molecule is CCc1ccc(C(C)NC(=O)/C(C#N)=C\Nc2ccccc2Sc2ccccc2)cc1. The second-order valence-corrected chi connectivity index (χ2v) is 8.13. The van der Waals surface area contributed by atoms with Gasteiger partial charge in [-0.2, -0.15) is 5.26 Å². The minimum atomic E-state index is -0.407. The summed E-state index contributed by atoms with van der Waals surface area (Å²) in [4.78, 5) is 14.8. The van der Waals surface area contributed by atoms with Crippen molar-refractivity contribution in [2.45, 2.75) is 36.1 Å². The molecule has 2 N–H and O–H groups in total. The van der Waals surface area contributed by atoms with E-state index < -0.39 is 5.91 Å². The number of benzene rings is 3. The maximum absolute atomic E-state index is 12.6.